The number of nitrogens with zero attached hydrogens (tertiary/aromatic N) is 1. The van der Waals surface area contributed by atoms with Crippen LogP contribution in [0.1, 0.15) is 18.5 Å². The number of para-hydroxylation sites is 1. The zero-order valence-corrected chi connectivity index (χ0v) is 10.8. The normalized spacial score (nSPS) is 14.4. The molecule has 0 aliphatic rings. The number of rotatable bonds is 6. The maximum atomic E-state index is 9.71. The van der Waals surface area contributed by atoms with Crippen molar-refractivity contribution in [3.63, 3.8) is 0 Å². The van der Waals surface area contributed by atoms with Crippen molar-refractivity contribution in [2.24, 2.45) is 5.73 Å². The number of aliphatic hydroxyl groups excluding tert-OH is 1. The van der Waals surface area contributed by atoms with E-state index in [0.717, 1.165) is 11.3 Å². The van der Waals surface area contributed by atoms with E-state index in [1.165, 1.54) is 0 Å². The van der Waals surface area contributed by atoms with Crippen LogP contribution in [0.2, 0.25) is 0 Å². The molecule has 0 aliphatic heterocycles. The Kier molecular flexibility index (Phi) is 5.41. The van der Waals surface area contributed by atoms with Crippen molar-refractivity contribution in [1.82, 2.24) is 0 Å². The Morgan fingerprint density at radius 1 is 1.41 bits per heavy atom. The van der Waals surface area contributed by atoms with Crippen LogP contribution < -0.4 is 10.6 Å². The van der Waals surface area contributed by atoms with Crippen LogP contribution in [0.4, 0.5) is 5.69 Å². The van der Waals surface area contributed by atoms with E-state index in [1.54, 1.807) is 7.11 Å². The number of ether oxygens (including phenoxy) is 1. The maximum Gasteiger partial charge on any atom is 0.0947 e. The quantitative estimate of drug-likeness (QED) is 0.780. The first-order chi connectivity index (χ1) is 8.06. The Hall–Kier alpha value is -1.10. The maximum absolute atomic E-state index is 9.71. The van der Waals surface area contributed by atoms with Crippen LogP contribution in [0.3, 0.4) is 0 Å². The van der Waals surface area contributed by atoms with Gasteiger partial charge in [-0.2, -0.15) is 0 Å². The van der Waals surface area contributed by atoms with Crippen LogP contribution >= 0.6 is 0 Å². The molecule has 0 aromatic heterocycles. The van der Waals surface area contributed by atoms with Gasteiger partial charge in [-0.3, -0.25) is 0 Å². The van der Waals surface area contributed by atoms with Gasteiger partial charge in [0.15, 0.2) is 0 Å². The van der Waals surface area contributed by atoms with E-state index < -0.39 is 6.10 Å². The number of hydrogen-bond donors (Lipinski definition) is 2. The molecular weight excluding hydrogens is 216 g/mol. The van der Waals surface area contributed by atoms with E-state index in [4.69, 9.17) is 10.5 Å². The number of benzene rings is 1. The summed E-state index contributed by atoms with van der Waals surface area (Å²) in [5, 5.41) is 9.71. The van der Waals surface area contributed by atoms with Gasteiger partial charge in [-0.15, -0.1) is 0 Å². The second-order valence-electron chi connectivity index (χ2n) is 4.34. The molecule has 1 aromatic carbocycles. The molecule has 0 amide bonds. The van der Waals surface area contributed by atoms with Gasteiger partial charge in [0.25, 0.3) is 0 Å². The van der Waals surface area contributed by atoms with Crippen LogP contribution in [-0.4, -0.2) is 38.5 Å². The number of anilines is 1. The van der Waals surface area contributed by atoms with Gasteiger partial charge in [0.1, 0.15) is 0 Å². The van der Waals surface area contributed by atoms with E-state index in [1.807, 2.05) is 43.1 Å². The van der Waals surface area contributed by atoms with Crippen LogP contribution in [0, 0.1) is 0 Å². The van der Waals surface area contributed by atoms with Crippen LogP contribution in [-0.2, 0) is 4.74 Å². The summed E-state index contributed by atoms with van der Waals surface area (Å²) < 4.78 is 4.92. The molecule has 17 heavy (non-hydrogen) atoms. The van der Waals surface area contributed by atoms with Crippen molar-refractivity contribution in [1.29, 1.82) is 0 Å². The van der Waals surface area contributed by atoms with Gasteiger partial charge in [0, 0.05) is 32.4 Å². The smallest absolute Gasteiger partial charge is 0.0947 e. The van der Waals surface area contributed by atoms with Crippen LogP contribution in [0.5, 0.6) is 0 Å². The van der Waals surface area contributed by atoms with Crippen molar-refractivity contribution >= 4 is 5.69 Å². The summed E-state index contributed by atoms with van der Waals surface area (Å²) in [4.78, 5) is 2.00. The number of methoxy groups -OCH3 is 1. The highest BCUT2D eigenvalue weighted by Gasteiger charge is 2.13. The fourth-order valence-electron chi connectivity index (χ4n) is 1.88. The summed E-state index contributed by atoms with van der Waals surface area (Å²) in [5.41, 5.74) is 8.06. The molecule has 0 saturated heterocycles. The van der Waals surface area contributed by atoms with E-state index in [0.29, 0.717) is 13.2 Å². The summed E-state index contributed by atoms with van der Waals surface area (Å²) in [6, 6.07) is 7.95. The fourth-order valence-corrected chi connectivity index (χ4v) is 1.88. The lowest BCUT2D eigenvalue weighted by Crippen LogP contribution is -2.32. The lowest BCUT2D eigenvalue weighted by atomic mass is 10.1. The lowest BCUT2D eigenvalue weighted by Gasteiger charge is -2.26. The molecule has 1 aromatic rings. The summed E-state index contributed by atoms with van der Waals surface area (Å²) in [5.74, 6) is 0. The zero-order valence-electron chi connectivity index (χ0n) is 10.8. The van der Waals surface area contributed by atoms with Gasteiger partial charge in [0.2, 0.25) is 0 Å². The molecule has 2 atom stereocenters. The minimum atomic E-state index is -0.494. The number of hydrogen-bond acceptors (Lipinski definition) is 4. The van der Waals surface area contributed by atoms with Gasteiger partial charge in [-0.25, -0.2) is 0 Å². The van der Waals surface area contributed by atoms with Crippen molar-refractivity contribution in [3.05, 3.63) is 29.8 Å². The van der Waals surface area contributed by atoms with E-state index in [-0.39, 0.29) is 6.04 Å². The molecule has 0 spiro atoms. The van der Waals surface area contributed by atoms with Crippen LogP contribution in [0.15, 0.2) is 24.3 Å². The molecule has 3 N–H and O–H groups in total. The second kappa shape index (κ2) is 6.59. The highest BCUT2D eigenvalue weighted by atomic mass is 16.5. The predicted octanol–water partition coefficient (Wildman–Crippen LogP) is 1.15. The SMILES string of the molecule is COCC(O)CN(C)c1ccccc1[C@H](C)N. The first-order valence-electron chi connectivity index (χ1n) is 5.79. The average molecular weight is 238 g/mol. The monoisotopic (exact) mass is 238 g/mol. The topological polar surface area (TPSA) is 58.7 Å². The minimum Gasteiger partial charge on any atom is -0.389 e. The Morgan fingerprint density at radius 2 is 2.06 bits per heavy atom. The highest BCUT2D eigenvalue weighted by Crippen LogP contribution is 2.23. The van der Waals surface area contributed by atoms with Crippen molar-refractivity contribution in [3.8, 4) is 0 Å². The third kappa shape index (κ3) is 4.00. The summed E-state index contributed by atoms with van der Waals surface area (Å²) in [6.45, 7) is 2.82. The highest BCUT2D eigenvalue weighted by molar-refractivity contribution is 5.54. The summed E-state index contributed by atoms with van der Waals surface area (Å²) in [7, 11) is 3.53. The summed E-state index contributed by atoms with van der Waals surface area (Å²) in [6.07, 6.45) is -0.494. The molecule has 0 fully saturated rings. The molecule has 0 heterocycles. The molecule has 4 nitrogen and oxygen atoms in total. The van der Waals surface area contributed by atoms with Crippen molar-refractivity contribution < 1.29 is 9.84 Å². The largest absolute Gasteiger partial charge is 0.389 e. The molecule has 96 valence electrons. The molecule has 1 unspecified atom stereocenters. The Balaban J connectivity index is 2.77. The molecule has 4 heteroatoms. The average Bonchev–Trinajstić information content (AvgIpc) is 2.29. The van der Waals surface area contributed by atoms with E-state index >= 15 is 0 Å². The minimum absolute atomic E-state index is 0.0202. The first-order valence-corrected chi connectivity index (χ1v) is 5.79. The third-order valence-corrected chi connectivity index (χ3v) is 2.68. The van der Waals surface area contributed by atoms with E-state index in [9.17, 15) is 5.11 Å². The predicted molar refractivity (Wildman–Crippen MR) is 70.2 cm³/mol. The Labute approximate surface area is 103 Å². The Bertz CT molecular complexity index is 342. The first kappa shape index (κ1) is 14.0. The van der Waals surface area contributed by atoms with Gasteiger partial charge in [-0.05, 0) is 18.6 Å². The van der Waals surface area contributed by atoms with Crippen molar-refractivity contribution in [2.45, 2.75) is 19.1 Å². The standard InChI is InChI=1S/C13H22N2O2/c1-10(14)12-6-4-5-7-13(12)15(2)8-11(16)9-17-3/h4-7,10-11,16H,8-9,14H2,1-3H3/t10-,11?/m0/s1. The van der Waals surface area contributed by atoms with Gasteiger partial charge in [0.05, 0.1) is 12.7 Å². The molecule has 1 rings (SSSR count). The zero-order chi connectivity index (χ0) is 12.8. The van der Waals surface area contributed by atoms with E-state index in [2.05, 4.69) is 0 Å². The second-order valence-corrected chi connectivity index (χ2v) is 4.34. The van der Waals surface area contributed by atoms with Gasteiger partial charge >= 0.3 is 0 Å². The third-order valence-electron chi connectivity index (χ3n) is 2.68. The Morgan fingerprint density at radius 3 is 2.65 bits per heavy atom. The number of nitrogens with two attached hydrogens (primary N) is 1. The van der Waals surface area contributed by atoms with Gasteiger partial charge < -0.3 is 20.5 Å². The molecule has 0 aliphatic carbocycles. The molecular formula is C13H22N2O2. The molecule has 0 bridgehead atoms. The molecule has 0 radical (unpaired) electrons. The fraction of sp³-hybridized carbons (Fsp3) is 0.538. The van der Waals surface area contributed by atoms with Crippen molar-refractivity contribution in [2.75, 3.05) is 32.2 Å². The number of aliphatic hydroxyl groups is 1. The van der Waals surface area contributed by atoms with Crippen LogP contribution in [0.25, 0.3) is 0 Å². The number of likely N-dealkylation sites (N-methyl/N-ethyl adjacent to an activating group) is 1. The molecule has 0 saturated carbocycles. The lowest BCUT2D eigenvalue weighted by molar-refractivity contribution is 0.0695. The summed E-state index contributed by atoms with van der Waals surface area (Å²) >= 11 is 0. The van der Waals surface area contributed by atoms with Gasteiger partial charge in [-0.1, -0.05) is 18.2 Å².